The molecule has 0 saturated heterocycles. The predicted octanol–water partition coefficient (Wildman–Crippen LogP) is 3.90. The van der Waals surface area contributed by atoms with E-state index in [1.807, 2.05) is 18.2 Å². The summed E-state index contributed by atoms with van der Waals surface area (Å²) in [6.07, 6.45) is 6.53. The van der Waals surface area contributed by atoms with Gasteiger partial charge in [-0.3, -0.25) is 0 Å². The van der Waals surface area contributed by atoms with Gasteiger partial charge in [-0.1, -0.05) is 49.2 Å². The van der Waals surface area contributed by atoms with Gasteiger partial charge in [0.1, 0.15) is 0 Å². The average Bonchev–Trinajstić information content (AvgIpc) is 3.12. The summed E-state index contributed by atoms with van der Waals surface area (Å²) in [6.45, 7) is 1.76. The van der Waals surface area contributed by atoms with Crippen LogP contribution in [0.25, 0.3) is 11.1 Å². The van der Waals surface area contributed by atoms with Crippen molar-refractivity contribution in [2.24, 2.45) is 5.73 Å². The summed E-state index contributed by atoms with van der Waals surface area (Å²) in [4.78, 5) is 0. The van der Waals surface area contributed by atoms with Crippen molar-refractivity contribution in [2.45, 2.75) is 44.1 Å². The zero-order valence-electron chi connectivity index (χ0n) is 14.4. The molecule has 2 aromatic rings. The third-order valence-electron chi connectivity index (χ3n) is 5.17. The Morgan fingerprint density at radius 3 is 2.42 bits per heavy atom. The number of rotatable bonds is 7. The van der Waals surface area contributed by atoms with E-state index in [0.29, 0.717) is 12.5 Å². The second-order valence-electron chi connectivity index (χ2n) is 6.90. The van der Waals surface area contributed by atoms with E-state index < -0.39 is 0 Å². The van der Waals surface area contributed by atoms with E-state index in [-0.39, 0.29) is 0 Å². The lowest BCUT2D eigenvalue weighted by molar-refractivity contribution is 0.490. The molecule has 1 aliphatic carbocycles. The predicted molar refractivity (Wildman–Crippen MR) is 103 cm³/mol. The van der Waals surface area contributed by atoms with Crippen molar-refractivity contribution in [1.82, 2.24) is 5.32 Å². The summed E-state index contributed by atoms with van der Waals surface area (Å²) in [5, 5.41) is 3.69. The summed E-state index contributed by atoms with van der Waals surface area (Å²) in [7, 11) is 0. The zero-order chi connectivity index (χ0) is 16.8. The van der Waals surface area contributed by atoms with Crippen LogP contribution in [0, 0.1) is 0 Å². The molecule has 0 aromatic heterocycles. The number of nitrogens with one attached hydrogen (secondary N) is 1. The highest BCUT2D eigenvalue weighted by atomic mass is 14.9. The van der Waals surface area contributed by atoms with Crippen LogP contribution in [0.5, 0.6) is 0 Å². The zero-order valence-corrected chi connectivity index (χ0v) is 14.4. The number of hydrogen-bond acceptors (Lipinski definition) is 3. The quantitative estimate of drug-likeness (QED) is 0.677. The molecule has 1 unspecified atom stereocenters. The highest BCUT2D eigenvalue weighted by molar-refractivity contribution is 5.67. The fraction of sp³-hybridized carbons (Fsp3) is 0.429. The molecule has 128 valence electrons. The molecular weight excluding hydrogens is 294 g/mol. The van der Waals surface area contributed by atoms with E-state index in [0.717, 1.165) is 30.3 Å². The largest absolute Gasteiger partial charge is 0.399 e. The molecule has 0 aliphatic heterocycles. The summed E-state index contributed by atoms with van der Waals surface area (Å²) < 4.78 is 0. The Morgan fingerprint density at radius 2 is 1.75 bits per heavy atom. The van der Waals surface area contributed by atoms with Crippen LogP contribution < -0.4 is 16.8 Å². The van der Waals surface area contributed by atoms with Crippen LogP contribution in [0.1, 0.15) is 43.6 Å². The van der Waals surface area contributed by atoms with Gasteiger partial charge in [0.25, 0.3) is 0 Å². The lowest BCUT2D eigenvalue weighted by Gasteiger charge is -2.18. The van der Waals surface area contributed by atoms with Gasteiger partial charge < -0.3 is 16.8 Å². The molecule has 1 atom stereocenters. The van der Waals surface area contributed by atoms with Crippen molar-refractivity contribution in [3.05, 3.63) is 54.1 Å². The Hall–Kier alpha value is -1.84. The minimum absolute atomic E-state index is 0.425. The van der Waals surface area contributed by atoms with Crippen molar-refractivity contribution in [3.63, 3.8) is 0 Å². The number of nitrogens with two attached hydrogens (primary N) is 2. The molecule has 5 N–H and O–H groups in total. The lowest BCUT2D eigenvalue weighted by atomic mass is 9.93. The maximum Gasteiger partial charge on any atom is 0.0320 e. The van der Waals surface area contributed by atoms with Crippen molar-refractivity contribution in [2.75, 3.05) is 18.8 Å². The van der Waals surface area contributed by atoms with Crippen LogP contribution in [0.3, 0.4) is 0 Å². The molecule has 0 bridgehead atoms. The molecule has 0 heterocycles. The highest BCUT2D eigenvalue weighted by Gasteiger charge is 2.15. The van der Waals surface area contributed by atoms with Gasteiger partial charge in [0.05, 0.1) is 0 Å². The van der Waals surface area contributed by atoms with Crippen molar-refractivity contribution >= 4 is 5.69 Å². The van der Waals surface area contributed by atoms with Gasteiger partial charge in [-0.15, -0.1) is 0 Å². The Labute approximate surface area is 145 Å². The Bertz CT molecular complexity index is 630. The molecule has 1 saturated carbocycles. The fourth-order valence-electron chi connectivity index (χ4n) is 3.68. The van der Waals surface area contributed by atoms with Crippen LogP contribution in [-0.4, -0.2) is 19.1 Å². The van der Waals surface area contributed by atoms with Crippen LogP contribution in [0.2, 0.25) is 0 Å². The molecule has 3 heteroatoms. The monoisotopic (exact) mass is 323 g/mol. The number of nitrogen functional groups attached to an aromatic ring is 1. The SMILES string of the molecule is NCC(CCNC1CCCC1)c1ccc(-c2cccc(N)c2)cc1. The van der Waals surface area contributed by atoms with E-state index in [4.69, 9.17) is 11.5 Å². The van der Waals surface area contributed by atoms with Gasteiger partial charge in [-0.2, -0.15) is 0 Å². The van der Waals surface area contributed by atoms with E-state index in [9.17, 15) is 0 Å². The molecule has 3 nitrogen and oxygen atoms in total. The normalized spacial score (nSPS) is 16.4. The first-order chi connectivity index (χ1) is 11.8. The standard InChI is InChI=1S/C21H29N3/c22-15-19(12-13-24-21-6-1-2-7-21)17-10-8-16(9-11-17)18-4-3-5-20(23)14-18/h3-5,8-11,14,19,21,24H,1-2,6-7,12-13,15,22-23H2. The molecule has 0 amide bonds. The Balaban J connectivity index is 1.60. The fourth-order valence-corrected chi connectivity index (χ4v) is 3.68. The first kappa shape index (κ1) is 17.0. The third kappa shape index (κ3) is 4.37. The van der Waals surface area contributed by atoms with Crippen molar-refractivity contribution in [3.8, 4) is 11.1 Å². The molecule has 2 aromatic carbocycles. The lowest BCUT2D eigenvalue weighted by Crippen LogP contribution is -2.29. The average molecular weight is 323 g/mol. The second kappa shape index (κ2) is 8.32. The maximum absolute atomic E-state index is 6.02. The highest BCUT2D eigenvalue weighted by Crippen LogP contribution is 2.25. The van der Waals surface area contributed by atoms with Crippen molar-refractivity contribution < 1.29 is 0 Å². The first-order valence-electron chi connectivity index (χ1n) is 9.15. The van der Waals surface area contributed by atoms with Crippen LogP contribution in [0.15, 0.2) is 48.5 Å². The summed E-state index contributed by atoms with van der Waals surface area (Å²) in [6, 6.07) is 17.5. The molecule has 1 aliphatic rings. The summed E-state index contributed by atoms with van der Waals surface area (Å²) in [5.41, 5.74) is 16.4. The Morgan fingerprint density at radius 1 is 1.00 bits per heavy atom. The van der Waals surface area contributed by atoms with Gasteiger partial charge in [0, 0.05) is 11.7 Å². The van der Waals surface area contributed by atoms with Crippen molar-refractivity contribution in [1.29, 1.82) is 0 Å². The van der Waals surface area contributed by atoms with Gasteiger partial charge in [0.2, 0.25) is 0 Å². The van der Waals surface area contributed by atoms with Gasteiger partial charge >= 0.3 is 0 Å². The van der Waals surface area contributed by atoms with E-state index in [2.05, 4.69) is 35.6 Å². The molecular formula is C21H29N3. The minimum atomic E-state index is 0.425. The number of anilines is 1. The van der Waals surface area contributed by atoms with Gasteiger partial charge in [0.15, 0.2) is 0 Å². The van der Waals surface area contributed by atoms with E-state index >= 15 is 0 Å². The van der Waals surface area contributed by atoms with E-state index in [1.165, 1.54) is 36.8 Å². The van der Waals surface area contributed by atoms with E-state index in [1.54, 1.807) is 0 Å². The number of hydrogen-bond donors (Lipinski definition) is 3. The van der Waals surface area contributed by atoms with Crippen LogP contribution in [-0.2, 0) is 0 Å². The third-order valence-corrected chi connectivity index (χ3v) is 5.17. The summed E-state index contributed by atoms with van der Waals surface area (Å²) in [5.74, 6) is 0.425. The molecule has 1 fully saturated rings. The topological polar surface area (TPSA) is 64.1 Å². The van der Waals surface area contributed by atoms with Gasteiger partial charge in [-0.05, 0) is 67.1 Å². The maximum atomic E-state index is 6.02. The van der Waals surface area contributed by atoms with Gasteiger partial charge in [-0.25, -0.2) is 0 Å². The smallest absolute Gasteiger partial charge is 0.0320 e. The molecule has 0 spiro atoms. The Kier molecular flexibility index (Phi) is 5.89. The van der Waals surface area contributed by atoms with Crippen LogP contribution in [0.4, 0.5) is 5.69 Å². The summed E-state index contributed by atoms with van der Waals surface area (Å²) >= 11 is 0. The minimum Gasteiger partial charge on any atom is -0.399 e. The molecule has 3 rings (SSSR count). The van der Waals surface area contributed by atoms with Crippen LogP contribution >= 0.6 is 0 Å². The molecule has 0 radical (unpaired) electrons. The first-order valence-corrected chi connectivity index (χ1v) is 9.15. The number of benzene rings is 2. The molecule has 24 heavy (non-hydrogen) atoms. The second-order valence-corrected chi connectivity index (χ2v) is 6.90.